The number of rotatable bonds is 5. The minimum Gasteiger partial charge on any atom is -0.322 e. The van der Waals surface area contributed by atoms with Crippen LogP contribution in [0.3, 0.4) is 0 Å². The fourth-order valence-electron chi connectivity index (χ4n) is 2.90. The molecule has 4 aromatic rings. The van der Waals surface area contributed by atoms with Crippen LogP contribution in [0.25, 0.3) is 11.0 Å². The number of nitrogens with one attached hydrogen (secondary N) is 1. The van der Waals surface area contributed by atoms with E-state index in [2.05, 4.69) is 15.4 Å². The summed E-state index contributed by atoms with van der Waals surface area (Å²) in [7, 11) is 0. The van der Waals surface area contributed by atoms with Gasteiger partial charge in [-0.05, 0) is 23.8 Å². The number of nitrogens with zero attached hydrogens (tertiary/aromatic N) is 4. The standard InChI is InChI=1S/C20H14ClN5O3/c21-17-7-6-16(9-18(17)26(28)29)24-20(27)15-8-14-11-23-25(19(14)22-10-15)12-13-4-2-1-3-5-13/h1-11H,12H2,(H,24,27). The number of hydrogen-bond donors (Lipinski definition) is 1. The van der Waals surface area contributed by atoms with Gasteiger partial charge in [-0.25, -0.2) is 9.67 Å². The zero-order chi connectivity index (χ0) is 20.4. The lowest BCUT2D eigenvalue weighted by Gasteiger charge is -2.06. The minimum absolute atomic E-state index is 0.00177. The molecule has 2 aromatic carbocycles. The molecule has 8 nitrogen and oxygen atoms in total. The predicted octanol–water partition coefficient (Wildman–Crippen LogP) is 4.29. The second kappa shape index (κ2) is 7.69. The van der Waals surface area contributed by atoms with Gasteiger partial charge in [-0.2, -0.15) is 5.10 Å². The van der Waals surface area contributed by atoms with E-state index < -0.39 is 10.8 Å². The highest BCUT2D eigenvalue weighted by Crippen LogP contribution is 2.27. The van der Waals surface area contributed by atoms with Crippen LogP contribution in [0, 0.1) is 10.1 Å². The number of nitro benzene ring substituents is 1. The first-order chi connectivity index (χ1) is 14.0. The molecule has 1 N–H and O–H groups in total. The average Bonchev–Trinajstić information content (AvgIpc) is 3.12. The third-order valence-electron chi connectivity index (χ3n) is 4.31. The summed E-state index contributed by atoms with van der Waals surface area (Å²) in [5.74, 6) is -0.438. The predicted molar refractivity (Wildman–Crippen MR) is 109 cm³/mol. The largest absolute Gasteiger partial charge is 0.322 e. The van der Waals surface area contributed by atoms with Gasteiger partial charge in [-0.3, -0.25) is 14.9 Å². The zero-order valence-corrected chi connectivity index (χ0v) is 15.7. The Hall–Kier alpha value is -3.78. The minimum atomic E-state index is -0.604. The molecule has 0 atom stereocenters. The summed E-state index contributed by atoms with van der Waals surface area (Å²) in [6.45, 7) is 0.567. The van der Waals surface area contributed by atoms with Gasteiger partial charge in [0.05, 0.1) is 23.2 Å². The number of carbonyl (C=O) groups excluding carboxylic acids is 1. The molecule has 2 heterocycles. The number of amides is 1. The van der Waals surface area contributed by atoms with Crippen LogP contribution in [-0.4, -0.2) is 25.6 Å². The van der Waals surface area contributed by atoms with Crippen molar-refractivity contribution in [3.63, 3.8) is 0 Å². The monoisotopic (exact) mass is 407 g/mol. The Morgan fingerprint density at radius 2 is 1.93 bits per heavy atom. The van der Waals surface area contributed by atoms with E-state index in [1.165, 1.54) is 24.4 Å². The number of nitro groups is 1. The van der Waals surface area contributed by atoms with Gasteiger partial charge in [0.15, 0.2) is 5.65 Å². The molecule has 1 amide bonds. The highest BCUT2D eigenvalue weighted by molar-refractivity contribution is 6.32. The molecule has 0 radical (unpaired) electrons. The number of anilines is 1. The molecule has 29 heavy (non-hydrogen) atoms. The van der Waals surface area contributed by atoms with E-state index in [9.17, 15) is 14.9 Å². The lowest BCUT2D eigenvalue weighted by Crippen LogP contribution is -2.12. The molecule has 9 heteroatoms. The first-order valence-corrected chi connectivity index (χ1v) is 9.00. The quantitative estimate of drug-likeness (QED) is 0.392. The molecule has 0 spiro atoms. The summed E-state index contributed by atoms with van der Waals surface area (Å²) < 4.78 is 1.76. The molecule has 0 saturated carbocycles. The fourth-order valence-corrected chi connectivity index (χ4v) is 3.09. The van der Waals surface area contributed by atoms with Crippen LogP contribution in [-0.2, 0) is 6.54 Å². The average molecular weight is 408 g/mol. The number of pyridine rings is 1. The molecular formula is C20H14ClN5O3. The number of benzene rings is 2. The Morgan fingerprint density at radius 3 is 2.69 bits per heavy atom. The molecule has 0 aliphatic heterocycles. The molecule has 0 bridgehead atoms. The maximum atomic E-state index is 12.5. The molecule has 2 aromatic heterocycles. The van der Waals surface area contributed by atoms with E-state index in [1.807, 2.05) is 30.3 Å². The van der Waals surface area contributed by atoms with Gasteiger partial charge < -0.3 is 5.32 Å². The van der Waals surface area contributed by atoms with Crippen LogP contribution >= 0.6 is 11.6 Å². The van der Waals surface area contributed by atoms with Crippen LogP contribution in [0.15, 0.2) is 67.0 Å². The van der Waals surface area contributed by atoms with E-state index in [1.54, 1.807) is 16.9 Å². The Kier molecular flexibility index (Phi) is 4.92. The maximum Gasteiger partial charge on any atom is 0.289 e. The van der Waals surface area contributed by atoms with Gasteiger partial charge in [-0.1, -0.05) is 41.9 Å². The van der Waals surface area contributed by atoms with Crippen LogP contribution in [0.2, 0.25) is 5.02 Å². The van der Waals surface area contributed by atoms with E-state index in [0.717, 1.165) is 10.9 Å². The number of hydrogen-bond acceptors (Lipinski definition) is 5. The molecule has 4 rings (SSSR count). The Morgan fingerprint density at radius 1 is 1.14 bits per heavy atom. The van der Waals surface area contributed by atoms with Crippen LogP contribution in [0.4, 0.5) is 11.4 Å². The molecular weight excluding hydrogens is 394 g/mol. The van der Waals surface area contributed by atoms with Crippen molar-refractivity contribution >= 4 is 39.9 Å². The molecule has 0 aliphatic rings. The maximum absolute atomic E-state index is 12.5. The van der Waals surface area contributed by atoms with E-state index in [0.29, 0.717) is 17.8 Å². The van der Waals surface area contributed by atoms with Gasteiger partial charge in [0, 0.05) is 23.3 Å². The molecule has 0 unspecified atom stereocenters. The lowest BCUT2D eigenvalue weighted by molar-refractivity contribution is -0.384. The first-order valence-electron chi connectivity index (χ1n) is 8.62. The zero-order valence-electron chi connectivity index (χ0n) is 14.9. The third kappa shape index (κ3) is 3.92. The van der Waals surface area contributed by atoms with Crippen molar-refractivity contribution in [2.75, 3.05) is 5.32 Å². The SMILES string of the molecule is O=C(Nc1ccc(Cl)c([N+](=O)[O-])c1)c1cnc2c(cnn2Cc2ccccc2)c1. The van der Waals surface area contributed by atoms with Crippen molar-refractivity contribution in [1.82, 2.24) is 14.8 Å². The first kappa shape index (κ1) is 18.6. The van der Waals surface area contributed by atoms with Gasteiger partial charge in [0.2, 0.25) is 0 Å². The number of halogens is 1. The highest BCUT2D eigenvalue weighted by Gasteiger charge is 2.15. The molecule has 0 fully saturated rings. The van der Waals surface area contributed by atoms with Crippen LogP contribution in [0.1, 0.15) is 15.9 Å². The number of fused-ring (bicyclic) bond motifs is 1. The Bertz CT molecular complexity index is 1220. The van der Waals surface area contributed by atoms with Crippen molar-refractivity contribution in [2.45, 2.75) is 6.54 Å². The Labute approximate surface area is 169 Å². The van der Waals surface area contributed by atoms with Crippen molar-refractivity contribution in [3.05, 3.63) is 93.3 Å². The van der Waals surface area contributed by atoms with Crippen molar-refractivity contribution in [1.29, 1.82) is 0 Å². The highest BCUT2D eigenvalue weighted by atomic mass is 35.5. The van der Waals surface area contributed by atoms with Gasteiger partial charge >= 0.3 is 0 Å². The Balaban J connectivity index is 1.56. The molecule has 144 valence electrons. The van der Waals surface area contributed by atoms with Crippen molar-refractivity contribution < 1.29 is 9.72 Å². The van der Waals surface area contributed by atoms with E-state index in [-0.39, 0.29) is 16.4 Å². The van der Waals surface area contributed by atoms with Crippen molar-refractivity contribution in [3.8, 4) is 0 Å². The second-order valence-electron chi connectivity index (χ2n) is 6.30. The normalized spacial score (nSPS) is 10.8. The van der Waals surface area contributed by atoms with E-state index >= 15 is 0 Å². The number of aromatic nitrogens is 3. The van der Waals surface area contributed by atoms with E-state index in [4.69, 9.17) is 11.6 Å². The van der Waals surface area contributed by atoms with Crippen LogP contribution < -0.4 is 5.32 Å². The summed E-state index contributed by atoms with van der Waals surface area (Å²) in [5.41, 5.74) is 2.05. The third-order valence-corrected chi connectivity index (χ3v) is 4.63. The summed E-state index contributed by atoms with van der Waals surface area (Å²) in [6.07, 6.45) is 3.10. The molecule has 0 saturated heterocycles. The number of carbonyl (C=O) groups is 1. The molecule has 0 aliphatic carbocycles. The summed E-state index contributed by atoms with van der Waals surface area (Å²) in [5, 5.41) is 18.7. The smallest absolute Gasteiger partial charge is 0.289 e. The van der Waals surface area contributed by atoms with Gasteiger partial charge in [-0.15, -0.1) is 0 Å². The van der Waals surface area contributed by atoms with Gasteiger partial charge in [0.25, 0.3) is 11.6 Å². The van der Waals surface area contributed by atoms with Crippen molar-refractivity contribution in [2.24, 2.45) is 0 Å². The fraction of sp³-hybridized carbons (Fsp3) is 0.0500. The lowest BCUT2D eigenvalue weighted by atomic mass is 10.2. The summed E-state index contributed by atoms with van der Waals surface area (Å²) in [6, 6.07) is 15.6. The summed E-state index contributed by atoms with van der Waals surface area (Å²) in [4.78, 5) is 27.3. The summed E-state index contributed by atoms with van der Waals surface area (Å²) >= 11 is 5.80. The second-order valence-corrected chi connectivity index (χ2v) is 6.71. The van der Waals surface area contributed by atoms with Crippen LogP contribution in [0.5, 0.6) is 0 Å². The topological polar surface area (TPSA) is 103 Å². The van der Waals surface area contributed by atoms with Gasteiger partial charge in [0.1, 0.15) is 5.02 Å².